The summed E-state index contributed by atoms with van der Waals surface area (Å²) >= 11 is 0. The van der Waals surface area contributed by atoms with Crippen LogP contribution in [0.3, 0.4) is 0 Å². The normalized spacial score (nSPS) is 23.7. The predicted molar refractivity (Wildman–Crippen MR) is 111 cm³/mol. The van der Waals surface area contributed by atoms with Crippen LogP contribution in [0.15, 0.2) is 48.5 Å². The summed E-state index contributed by atoms with van der Waals surface area (Å²) in [5.41, 5.74) is 1.61. The van der Waals surface area contributed by atoms with Crippen molar-refractivity contribution in [1.82, 2.24) is 4.90 Å². The van der Waals surface area contributed by atoms with Crippen molar-refractivity contribution in [3.05, 3.63) is 54.1 Å². The molecule has 154 valence electrons. The average molecular weight is 396 g/mol. The zero-order chi connectivity index (χ0) is 20.4. The van der Waals surface area contributed by atoms with E-state index in [1.165, 1.54) is 17.6 Å². The Balaban J connectivity index is 1.48. The summed E-state index contributed by atoms with van der Waals surface area (Å²) in [6, 6.07) is 15.5. The summed E-state index contributed by atoms with van der Waals surface area (Å²) in [5.74, 6) is 1.43. The Labute approximate surface area is 171 Å². The van der Waals surface area contributed by atoms with Crippen LogP contribution in [0.2, 0.25) is 0 Å². The molecule has 1 saturated carbocycles. The summed E-state index contributed by atoms with van der Waals surface area (Å²) in [6.45, 7) is 3.34. The van der Waals surface area contributed by atoms with Crippen LogP contribution in [0.25, 0.3) is 0 Å². The van der Waals surface area contributed by atoms with E-state index in [1.807, 2.05) is 6.07 Å². The van der Waals surface area contributed by atoms with Gasteiger partial charge in [-0.2, -0.15) is 0 Å². The SMILES string of the molecule is COc1cccc(N(CC2C3CCC2CN(Cc2ccccc2)C3)C(=O)O)c1O. The van der Waals surface area contributed by atoms with Crippen molar-refractivity contribution < 1.29 is 19.7 Å². The maximum Gasteiger partial charge on any atom is 0.411 e. The smallest absolute Gasteiger partial charge is 0.411 e. The third kappa shape index (κ3) is 4.03. The van der Waals surface area contributed by atoms with Gasteiger partial charge in [-0.05, 0) is 48.3 Å². The number of rotatable bonds is 6. The average Bonchev–Trinajstić information content (AvgIpc) is 2.95. The number of phenolic OH excluding ortho intramolecular Hbond substituents is 1. The molecule has 2 aromatic rings. The summed E-state index contributed by atoms with van der Waals surface area (Å²) in [5, 5.41) is 20.3. The molecule has 1 saturated heterocycles. The van der Waals surface area contributed by atoms with Crippen molar-refractivity contribution in [1.29, 1.82) is 0 Å². The van der Waals surface area contributed by atoms with Crippen LogP contribution in [-0.4, -0.2) is 48.0 Å². The number of hydrogen-bond acceptors (Lipinski definition) is 4. The van der Waals surface area contributed by atoms with E-state index in [0.717, 1.165) is 32.5 Å². The van der Waals surface area contributed by atoms with Crippen LogP contribution in [0, 0.1) is 17.8 Å². The Hall–Kier alpha value is -2.73. The van der Waals surface area contributed by atoms with Gasteiger partial charge in [0, 0.05) is 26.2 Å². The molecule has 0 aromatic heterocycles. The fourth-order valence-electron chi connectivity index (χ4n) is 5.08. The first-order valence-electron chi connectivity index (χ1n) is 10.2. The van der Waals surface area contributed by atoms with Gasteiger partial charge < -0.3 is 14.9 Å². The molecule has 6 nitrogen and oxygen atoms in total. The van der Waals surface area contributed by atoms with E-state index in [-0.39, 0.29) is 11.5 Å². The molecule has 1 heterocycles. The zero-order valence-electron chi connectivity index (χ0n) is 16.7. The molecule has 2 unspecified atom stereocenters. The molecular formula is C23H28N2O4. The number of nitrogens with zero attached hydrogens (tertiary/aromatic N) is 2. The number of likely N-dealkylation sites (tertiary alicyclic amines) is 1. The lowest BCUT2D eigenvalue weighted by Crippen LogP contribution is -2.46. The van der Waals surface area contributed by atoms with Gasteiger partial charge in [0.05, 0.1) is 12.8 Å². The van der Waals surface area contributed by atoms with E-state index in [4.69, 9.17) is 4.74 Å². The van der Waals surface area contributed by atoms with E-state index in [9.17, 15) is 15.0 Å². The molecule has 6 heteroatoms. The molecule has 2 atom stereocenters. The molecule has 2 aromatic carbocycles. The fourth-order valence-corrected chi connectivity index (χ4v) is 5.08. The van der Waals surface area contributed by atoms with E-state index >= 15 is 0 Å². The van der Waals surface area contributed by atoms with Crippen LogP contribution < -0.4 is 9.64 Å². The third-order valence-corrected chi connectivity index (χ3v) is 6.47. The first kappa shape index (κ1) is 19.6. The number of piperidine rings is 1. The van der Waals surface area contributed by atoms with E-state index < -0.39 is 6.09 Å². The number of anilines is 1. The molecule has 2 aliphatic rings. The van der Waals surface area contributed by atoms with Gasteiger partial charge in [0.1, 0.15) is 0 Å². The molecule has 1 amide bonds. The monoisotopic (exact) mass is 396 g/mol. The molecule has 0 radical (unpaired) electrons. The van der Waals surface area contributed by atoms with Gasteiger partial charge in [-0.3, -0.25) is 9.80 Å². The number of carboxylic acid groups (broad SMARTS) is 1. The zero-order valence-corrected chi connectivity index (χ0v) is 16.7. The first-order valence-corrected chi connectivity index (χ1v) is 10.2. The third-order valence-electron chi connectivity index (χ3n) is 6.47. The van der Waals surface area contributed by atoms with Crippen molar-refractivity contribution in [3.8, 4) is 11.5 Å². The number of hydrogen-bond donors (Lipinski definition) is 2. The molecule has 2 fully saturated rings. The summed E-state index contributed by atoms with van der Waals surface area (Å²) in [4.78, 5) is 15.8. The molecule has 1 aliphatic heterocycles. The van der Waals surface area contributed by atoms with Crippen LogP contribution in [-0.2, 0) is 6.54 Å². The number of phenols is 1. The van der Waals surface area contributed by atoms with Crippen LogP contribution in [0.1, 0.15) is 18.4 Å². The minimum absolute atomic E-state index is 0.119. The number of carbonyl (C=O) groups is 1. The maximum atomic E-state index is 12.0. The highest BCUT2D eigenvalue weighted by molar-refractivity contribution is 5.89. The lowest BCUT2D eigenvalue weighted by molar-refractivity contribution is 0.105. The predicted octanol–water partition coefficient (Wildman–Crippen LogP) is 4.04. The number of aromatic hydroxyl groups is 1. The van der Waals surface area contributed by atoms with Crippen molar-refractivity contribution in [2.24, 2.45) is 17.8 Å². The minimum Gasteiger partial charge on any atom is -0.503 e. The van der Waals surface area contributed by atoms with Gasteiger partial charge in [0.25, 0.3) is 0 Å². The van der Waals surface area contributed by atoms with Crippen LogP contribution in [0.5, 0.6) is 11.5 Å². The number of methoxy groups -OCH3 is 1. The van der Waals surface area contributed by atoms with Gasteiger partial charge in [-0.1, -0.05) is 36.4 Å². The Morgan fingerprint density at radius 1 is 1.10 bits per heavy atom. The Kier molecular flexibility index (Phi) is 5.62. The standard InChI is InChI=1S/C23H28N2O4/c1-29-21-9-5-8-20(22(21)26)25(23(27)28)15-19-17-10-11-18(19)14-24(13-17)12-16-6-3-2-4-7-16/h2-9,17-19,26H,10-15H2,1H3,(H,27,28). The molecule has 0 spiro atoms. The highest BCUT2D eigenvalue weighted by Crippen LogP contribution is 2.44. The minimum atomic E-state index is -1.04. The van der Waals surface area contributed by atoms with Crippen molar-refractivity contribution >= 4 is 11.8 Å². The number of ether oxygens (including phenoxy) is 1. The Morgan fingerprint density at radius 2 is 1.79 bits per heavy atom. The number of amides is 1. The van der Waals surface area contributed by atoms with Gasteiger partial charge in [-0.15, -0.1) is 0 Å². The molecule has 2 N–H and O–H groups in total. The number of para-hydroxylation sites is 1. The number of benzene rings is 2. The lowest BCUT2D eigenvalue weighted by atomic mass is 9.84. The van der Waals surface area contributed by atoms with Crippen LogP contribution in [0.4, 0.5) is 10.5 Å². The van der Waals surface area contributed by atoms with E-state index in [2.05, 4.69) is 29.2 Å². The van der Waals surface area contributed by atoms with E-state index in [0.29, 0.717) is 30.0 Å². The van der Waals surface area contributed by atoms with Crippen molar-refractivity contribution in [3.63, 3.8) is 0 Å². The summed E-state index contributed by atoms with van der Waals surface area (Å²) < 4.78 is 5.15. The van der Waals surface area contributed by atoms with Gasteiger partial charge in [0.2, 0.25) is 0 Å². The quantitative estimate of drug-likeness (QED) is 0.771. The fraction of sp³-hybridized carbons (Fsp3) is 0.435. The Bertz CT molecular complexity index is 843. The topological polar surface area (TPSA) is 73.2 Å². The second-order valence-electron chi connectivity index (χ2n) is 8.16. The Morgan fingerprint density at radius 3 is 2.41 bits per heavy atom. The van der Waals surface area contributed by atoms with Gasteiger partial charge in [0.15, 0.2) is 11.5 Å². The molecule has 29 heavy (non-hydrogen) atoms. The van der Waals surface area contributed by atoms with Crippen molar-refractivity contribution in [2.75, 3.05) is 31.6 Å². The number of fused-ring (bicyclic) bond motifs is 2. The van der Waals surface area contributed by atoms with Gasteiger partial charge >= 0.3 is 6.09 Å². The lowest BCUT2D eigenvalue weighted by Gasteiger charge is -2.40. The molecule has 2 bridgehead atoms. The molecule has 4 rings (SSSR count). The largest absolute Gasteiger partial charge is 0.503 e. The van der Waals surface area contributed by atoms with Crippen molar-refractivity contribution in [2.45, 2.75) is 19.4 Å². The van der Waals surface area contributed by atoms with Crippen LogP contribution >= 0.6 is 0 Å². The van der Waals surface area contributed by atoms with E-state index in [1.54, 1.807) is 18.2 Å². The molecule has 1 aliphatic carbocycles. The second-order valence-corrected chi connectivity index (χ2v) is 8.16. The highest BCUT2D eigenvalue weighted by atomic mass is 16.5. The second kappa shape index (κ2) is 8.33. The maximum absolute atomic E-state index is 12.0. The summed E-state index contributed by atoms with van der Waals surface area (Å²) in [6.07, 6.45) is 1.23. The van der Waals surface area contributed by atoms with Gasteiger partial charge in [-0.25, -0.2) is 4.79 Å². The highest BCUT2D eigenvalue weighted by Gasteiger charge is 2.43. The molecular weight excluding hydrogens is 368 g/mol. The first-order chi connectivity index (χ1) is 14.1. The summed E-state index contributed by atoms with van der Waals surface area (Å²) in [7, 11) is 1.46.